The predicted octanol–water partition coefficient (Wildman–Crippen LogP) is 1.26. The van der Waals surface area contributed by atoms with Gasteiger partial charge in [-0.2, -0.15) is 9.61 Å². The third-order valence-corrected chi connectivity index (χ3v) is 5.31. The normalized spacial score (nSPS) is 13.8. The van der Waals surface area contributed by atoms with Gasteiger partial charge in [0, 0.05) is 12.1 Å². The summed E-state index contributed by atoms with van der Waals surface area (Å²) in [6.45, 7) is 6.50. The molecule has 10 nitrogen and oxygen atoms in total. The lowest BCUT2D eigenvalue weighted by atomic mass is 10.1. The van der Waals surface area contributed by atoms with Crippen molar-refractivity contribution in [2.75, 3.05) is 5.32 Å². The summed E-state index contributed by atoms with van der Waals surface area (Å²) in [4.78, 5) is 44.4. The van der Waals surface area contributed by atoms with Crippen molar-refractivity contribution in [3.05, 3.63) is 57.5 Å². The van der Waals surface area contributed by atoms with Gasteiger partial charge in [-0.25, -0.2) is 9.37 Å². The van der Waals surface area contributed by atoms with Gasteiger partial charge in [0.1, 0.15) is 35.1 Å². The van der Waals surface area contributed by atoms with Crippen molar-refractivity contribution in [1.29, 1.82) is 0 Å². The van der Waals surface area contributed by atoms with E-state index in [0.29, 0.717) is 0 Å². The predicted molar refractivity (Wildman–Crippen MR) is 113 cm³/mol. The summed E-state index contributed by atoms with van der Waals surface area (Å²) < 4.78 is 15.6. The molecule has 0 saturated carbocycles. The molecule has 1 aliphatic heterocycles. The zero-order chi connectivity index (χ0) is 23.4. The van der Waals surface area contributed by atoms with Gasteiger partial charge < -0.3 is 19.9 Å². The van der Waals surface area contributed by atoms with Crippen LogP contribution >= 0.6 is 0 Å². The smallest absolute Gasteiger partial charge is 0.280 e. The summed E-state index contributed by atoms with van der Waals surface area (Å²) >= 11 is 0. The molecule has 0 unspecified atom stereocenters. The Morgan fingerprint density at radius 3 is 2.62 bits per heavy atom. The quantitative estimate of drug-likeness (QED) is 0.614. The molecular formula is C21H23FN6O4. The lowest BCUT2D eigenvalue weighted by Crippen LogP contribution is -2.32. The fourth-order valence-corrected chi connectivity index (χ4v) is 3.64. The minimum atomic E-state index is -1.34. The number of pyridine rings is 1. The Morgan fingerprint density at radius 1 is 1.31 bits per heavy atom. The van der Waals surface area contributed by atoms with E-state index in [2.05, 4.69) is 15.4 Å². The van der Waals surface area contributed by atoms with E-state index in [9.17, 15) is 23.9 Å². The van der Waals surface area contributed by atoms with Gasteiger partial charge in [-0.1, -0.05) is 0 Å². The van der Waals surface area contributed by atoms with Crippen molar-refractivity contribution in [2.24, 2.45) is 0 Å². The number of hydrogen-bond donors (Lipinski definition) is 2. The Hall–Kier alpha value is -3.60. The number of fused-ring (bicyclic) bond motifs is 2. The minimum Gasteiger partial charge on any atom is -0.384 e. The summed E-state index contributed by atoms with van der Waals surface area (Å²) in [7, 11) is 0. The average molecular weight is 442 g/mol. The lowest BCUT2D eigenvalue weighted by Gasteiger charge is -2.20. The zero-order valence-corrected chi connectivity index (χ0v) is 18.1. The molecule has 4 heterocycles. The van der Waals surface area contributed by atoms with Crippen molar-refractivity contribution in [3.63, 3.8) is 0 Å². The van der Waals surface area contributed by atoms with E-state index in [1.54, 1.807) is 4.90 Å². The molecule has 2 N–H and O–H groups in total. The van der Waals surface area contributed by atoms with Gasteiger partial charge >= 0.3 is 0 Å². The molecule has 3 aromatic heterocycles. The first-order chi connectivity index (χ1) is 15.0. The molecule has 0 radical (unpaired) electrons. The fourth-order valence-electron chi connectivity index (χ4n) is 3.64. The van der Waals surface area contributed by atoms with Crippen LogP contribution in [0, 0.1) is 5.82 Å². The molecular weight excluding hydrogens is 419 g/mol. The number of hydrogen-bond acceptors (Lipinski definition) is 6. The molecule has 4 rings (SSSR count). The first kappa shape index (κ1) is 21.6. The third kappa shape index (κ3) is 3.64. The summed E-state index contributed by atoms with van der Waals surface area (Å²) in [5.41, 5.74) is -1.05. The van der Waals surface area contributed by atoms with Crippen molar-refractivity contribution in [1.82, 2.24) is 24.1 Å². The number of amides is 2. The van der Waals surface area contributed by atoms with Crippen molar-refractivity contribution < 1.29 is 19.1 Å². The van der Waals surface area contributed by atoms with Gasteiger partial charge in [0.15, 0.2) is 0 Å². The summed E-state index contributed by atoms with van der Waals surface area (Å²) in [5.74, 6) is -1.29. The van der Waals surface area contributed by atoms with Crippen LogP contribution in [0.3, 0.4) is 0 Å². The van der Waals surface area contributed by atoms with Crippen LogP contribution in [0.1, 0.15) is 49.4 Å². The summed E-state index contributed by atoms with van der Waals surface area (Å²) in [5, 5.41) is 17.2. The van der Waals surface area contributed by atoms with Gasteiger partial charge in [-0.15, -0.1) is 0 Å². The number of carbonyl (C=O) groups excluding carboxylic acids is 2. The summed E-state index contributed by atoms with van der Waals surface area (Å²) in [6.07, 6.45) is 0.974. The second-order valence-corrected chi connectivity index (χ2v) is 8.51. The number of aromatic nitrogens is 4. The topological polar surface area (TPSA) is 122 Å². The highest BCUT2D eigenvalue weighted by molar-refractivity contribution is 5.98. The molecule has 0 spiro atoms. The SMILES string of the molecule is CC(C)N1Cc2c(n(CC(=O)Nc3ccc(F)cn3)c3cc(C(C)(C)O)nn3c2=O)C1=O. The number of nitrogens with zero attached hydrogens (tertiary/aromatic N) is 5. The molecule has 1 aliphatic rings. The van der Waals surface area contributed by atoms with Gasteiger partial charge in [0.05, 0.1) is 24.0 Å². The van der Waals surface area contributed by atoms with E-state index < -0.39 is 22.9 Å². The van der Waals surface area contributed by atoms with Gasteiger partial charge in [-0.05, 0) is 39.8 Å². The van der Waals surface area contributed by atoms with Crippen LogP contribution in [0.4, 0.5) is 10.2 Å². The Kier molecular flexibility index (Phi) is 5.08. The molecule has 0 saturated heterocycles. The average Bonchev–Trinajstić information content (AvgIpc) is 3.30. The largest absolute Gasteiger partial charge is 0.384 e. The van der Waals surface area contributed by atoms with E-state index in [-0.39, 0.29) is 53.5 Å². The maximum atomic E-state index is 13.1. The summed E-state index contributed by atoms with van der Waals surface area (Å²) in [6, 6.07) is 3.81. The number of carbonyl (C=O) groups is 2. The third-order valence-electron chi connectivity index (χ3n) is 5.31. The lowest BCUT2D eigenvalue weighted by molar-refractivity contribution is -0.116. The van der Waals surface area contributed by atoms with E-state index in [0.717, 1.165) is 16.8 Å². The Balaban J connectivity index is 1.84. The molecule has 0 fully saturated rings. The Labute approximate surface area is 182 Å². The second kappa shape index (κ2) is 7.52. The highest BCUT2D eigenvalue weighted by atomic mass is 19.1. The molecule has 11 heteroatoms. The van der Waals surface area contributed by atoms with Crippen LogP contribution in [-0.2, 0) is 23.5 Å². The highest BCUT2D eigenvalue weighted by Crippen LogP contribution is 2.26. The van der Waals surface area contributed by atoms with Crippen LogP contribution in [0.2, 0.25) is 0 Å². The van der Waals surface area contributed by atoms with Gasteiger partial charge in [0.2, 0.25) is 5.91 Å². The van der Waals surface area contributed by atoms with Crippen LogP contribution < -0.4 is 10.9 Å². The molecule has 2 amide bonds. The number of aliphatic hydroxyl groups is 1. The highest BCUT2D eigenvalue weighted by Gasteiger charge is 2.37. The molecule has 0 bridgehead atoms. The maximum Gasteiger partial charge on any atom is 0.280 e. The standard InChI is InChI=1S/C21H23FN6O4/c1-11(2)26-9-13-18(20(26)31)27(10-16(29)24-15-6-5-12(22)8-23-15)17-7-14(21(3,4)32)25-28(17)19(13)30/h5-8,11,32H,9-10H2,1-4H3,(H,23,24,29). The van der Waals surface area contributed by atoms with Gasteiger partial charge in [-0.3, -0.25) is 14.4 Å². The van der Waals surface area contributed by atoms with E-state index >= 15 is 0 Å². The first-order valence-corrected chi connectivity index (χ1v) is 10.1. The molecule has 0 aromatic carbocycles. The maximum absolute atomic E-state index is 13.1. The van der Waals surface area contributed by atoms with Crippen molar-refractivity contribution >= 4 is 23.3 Å². The van der Waals surface area contributed by atoms with Crippen LogP contribution in [0.5, 0.6) is 0 Å². The number of nitrogens with one attached hydrogen (secondary N) is 1. The molecule has 3 aromatic rings. The molecule has 32 heavy (non-hydrogen) atoms. The fraction of sp³-hybridized carbons (Fsp3) is 0.381. The minimum absolute atomic E-state index is 0.0967. The second-order valence-electron chi connectivity index (χ2n) is 8.51. The van der Waals surface area contributed by atoms with Gasteiger partial charge in [0.25, 0.3) is 11.5 Å². The van der Waals surface area contributed by atoms with Crippen LogP contribution in [0.15, 0.2) is 29.2 Å². The van der Waals surface area contributed by atoms with Crippen LogP contribution in [-0.4, -0.2) is 47.0 Å². The van der Waals surface area contributed by atoms with Crippen molar-refractivity contribution in [2.45, 2.75) is 52.4 Å². The van der Waals surface area contributed by atoms with E-state index in [1.807, 2.05) is 13.8 Å². The van der Waals surface area contributed by atoms with E-state index in [4.69, 9.17) is 0 Å². The Bertz CT molecular complexity index is 1290. The van der Waals surface area contributed by atoms with Crippen LogP contribution in [0.25, 0.3) is 5.65 Å². The number of rotatable bonds is 5. The molecule has 168 valence electrons. The molecule has 0 aliphatic carbocycles. The Morgan fingerprint density at radius 2 is 2.03 bits per heavy atom. The first-order valence-electron chi connectivity index (χ1n) is 10.1. The van der Waals surface area contributed by atoms with E-state index in [1.165, 1.54) is 30.5 Å². The molecule has 0 atom stereocenters. The number of anilines is 1. The monoisotopic (exact) mass is 442 g/mol. The van der Waals surface area contributed by atoms with Crippen molar-refractivity contribution in [3.8, 4) is 0 Å². The zero-order valence-electron chi connectivity index (χ0n) is 18.1. The number of halogens is 1.